The Bertz CT molecular complexity index is 555. The summed E-state index contributed by atoms with van der Waals surface area (Å²) in [5.41, 5.74) is 1.47. The van der Waals surface area contributed by atoms with Crippen LogP contribution >= 0.6 is 0 Å². The first-order valence-electron chi connectivity index (χ1n) is 7.44. The molecule has 0 saturated heterocycles. The minimum Gasteiger partial charge on any atom is -0.313 e. The Labute approximate surface area is 116 Å². The molecule has 3 atom stereocenters. The molecule has 1 aliphatic carbocycles. The lowest BCUT2D eigenvalue weighted by atomic mass is 9.88. The second-order valence-electron chi connectivity index (χ2n) is 6.01. The zero-order chi connectivity index (χ0) is 13.2. The predicted molar refractivity (Wildman–Crippen MR) is 82.3 cm³/mol. The summed E-state index contributed by atoms with van der Waals surface area (Å²) < 4.78 is 0. The van der Waals surface area contributed by atoms with Crippen molar-refractivity contribution in [1.29, 1.82) is 0 Å². The number of benzene rings is 2. The molecule has 0 heterocycles. The first-order valence-corrected chi connectivity index (χ1v) is 7.44. The van der Waals surface area contributed by atoms with Crippen LogP contribution < -0.4 is 5.32 Å². The van der Waals surface area contributed by atoms with E-state index in [1.165, 1.54) is 35.6 Å². The topological polar surface area (TPSA) is 12.0 Å². The van der Waals surface area contributed by atoms with Crippen molar-refractivity contribution >= 4 is 10.8 Å². The molecule has 0 amide bonds. The normalized spacial score (nSPS) is 24.7. The van der Waals surface area contributed by atoms with E-state index in [0.717, 1.165) is 11.8 Å². The van der Waals surface area contributed by atoms with Crippen LogP contribution in [0, 0.1) is 11.8 Å². The Kier molecular flexibility index (Phi) is 3.56. The first-order chi connectivity index (χ1) is 9.29. The highest BCUT2D eigenvalue weighted by atomic mass is 14.9. The molecule has 3 unspecified atom stereocenters. The van der Waals surface area contributed by atoms with Crippen LogP contribution in [0.3, 0.4) is 0 Å². The van der Waals surface area contributed by atoms with Gasteiger partial charge < -0.3 is 5.32 Å². The number of nitrogens with one attached hydrogen (secondary N) is 1. The summed E-state index contributed by atoms with van der Waals surface area (Å²) in [5, 5.41) is 6.33. The van der Waals surface area contributed by atoms with Crippen molar-refractivity contribution in [2.75, 3.05) is 7.05 Å². The van der Waals surface area contributed by atoms with Gasteiger partial charge in [0, 0.05) is 6.04 Å². The zero-order valence-electron chi connectivity index (χ0n) is 11.9. The molecule has 0 bridgehead atoms. The Morgan fingerprint density at radius 3 is 2.58 bits per heavy atom. The highest BCUT2D eigenvalue weighted by Crippen LogP contribution is 2.40. The van der Waals surface area contributed by atoms with E-state index in [-0.39, 0.29) is 0 Å². The van der Waals surface area contributed by atoms with Crippen molar-refractivity contribution in [1.82, 2.24) is 5.32 Å². The van der Waals surface area contributed by atoms with Gasteiger partial charge in [0.2, 0.25) is 0 Å². The molecule has 0 aliphatic heterocycles. The Morgan fingerprint density at radius 2 is 1.84 bits per heavy atom. The summed E-state index contributed by atoms with van der Waals surface area (Å²) in [6.45, 7) is 2.38. The maximum absolute atomic E-state index is 3.57. The van der Waals surface area contributed by atoms with Crippen LogP contribution in [0.1, 0.15) is 37.8 Å². The third kappa shape index (κ3) is 2.40. The lowest BCUT2D eigenvalue weighted by Gasteiger charge is -2.25. The number of fused-ring (bicyclic) bond motifs is 1. The van der Waals surface area contributed by atoms with E-state index in [1.54, 1.807) is 0 Å². The van der Waals surface area contributed by atoms with E-state index in [1.807, 2.05) is 0 Å². The van der Waals surface area contributed by atoms with Crippen molar-refractivity contribution in [3.63, 3.8) is 0 Å². The van der Waals surface area contributed by atoms with Gasteiger partial charge in [-0.1, -0.05) is 55.8 Å². The quantitative estimate of drug-likeness (QED) is 0.847. The predicted octanol–water partition coefficient (Wildman–Crippen LogP) is 4.54. The lowest BCUT2D eigenvalue weighted by Crippen LogP contribution is -2.24. The fourth-order valence-electron chi connectivity index (χ4n) is 3.72. The summed E-state index contributed by atoms with van der Waals surface area (Å²) in [5.74, 6) is 1.67. The van der Waals surface area contributed by atoms with Gasteiger partial charge in [0.15, 0.2) is 0 Å². The number of hydrogen-bond acceptors (Lipinski definition) is 1. The molecule has 2 aromatic carbocycles. The Balaban J connectivity index is 2.01. The molecule has 2 aromatic rings. The minimum absolute atomic E-state index is 0.496. The van der Waals surface area contributed by atoms with Crippen molar-refractivity contribution < 1.29 is 0 Å². The van der Waals surface area contributed by atoms with E-state index in [9.17, 15) is 0 Å². The van der Waals surface area contributed by atoms with Crippen LogP contribution in [0.15, 0.2) is 42.5 Å². The highest BCUT2D eigenvalue weighted by Gasteiger charge is 2.29. The maximum atomic E-state index is 3.57. The smallest absolute Gasteiger partial charge is 0.0352 e. The van der Waals surface area contributed by atoms with Gasteiger partial charge in [0.05, 0.1) is 0 Å². The van der Waals surface area contributed by atoms with Gasteiger partial charge in [-0.15, -0.1) is 0 Å². The van der Waals surface area contributed by atoms with Gasteiger partial charge >= 0.3 is 0 Å². The van der Waals surface area contributed by atoms with Crippen LogP contribution in [0.4, 0.5) is 0 Å². The summed E-state index contributed by atoms with van der Waals surface area (Å²) in [6, 6.07) is 15.9. The van der Waals surface area contributed by atoms with Gasteiger partial charge in [-0.2, -0.15) is 0 Å². The fourth-order valence-corrected chi connectivity index (χ4v) is 3.72. The highest BCUT2D eigenvalue weighted by molar-refractivity contribution is 5.86. The number of rotatable bonds is 3. The second kappa shape index (κ2) is 5.34. The summed E-state index contributed by atoms with van der Waals surface area (Å²) in [4.78, 5) is 0. The molecule has 1 aliphatic rings. The van der Waals surface area contributed by atoms with Crippen LogP contribution in [0.5, 0.6) is 0 Å². The van der Waals surface area contributed by atoms with Gasteiger partial charge in [-0.25, -0.2) is 0 Å². The minimum atomic E-state index is 0.496. The largest absolute Gasteiger partial charge is 0.313 e. The fraction of sp³-hybridized carbons (Fsp3) is 0.444. The van der Waals surface area contributed by atoms with Crippen molar-refractivity contribution in [3.8, 4) is 0 Å². The Hall–Kier alpha value is -1.34. The molecule has 1 fully saturated rings. The molecule has 19 heavy (non-hydrogen) atoms. The molecule has 0 aromatic heterocycles. The van der Waals surface area contributed by atoms with E-state index >= 15 is 0 Å². The van der Waals surface area contributed by atoms with Crippen LogP contribution in [0.2, 0.25) is 0 Å². The summed E-state index contributed by atoms with van der Waals surface area (Å²) >= 11 is 0. The second-order valence-corrected chi connectivity index (χ2v) is 6.01. The van der Waals surface area contributed by atoms with Crippen molar-refractivity contribution in [3.05, 3.63) is 48.0 Å². The molecular weight excluding hydrogens is 230 g/mol. The van der Waals surface area contributed by atoms with Gasteiger partial charge in [-0.3, -0.25) is 0 Å². The molecule has 3 rings (SSSR count). The van der Waals surface area contributed by atoms with Crippen molar-refractivity contribution in [2.45, 2.75) is 32.2 Å². The van der Waals surface area contributed by atoms with Crippen LogP contribution in [-0.4, -0.2) is 7.05 Å². The van der Waals surface area contributed by atoms with Gasteiger partial charge in [0.25, 0.3) is 0 Å². The molecular formula is C18H23N. The monoisotopic (exact) mass is 253 g/mol. The van der Waals surface area contributed by atoms with Crippen LogP contribution in [-0.2, 0) is 0 Å². The molecule has 100 valence electrons. The Morgan fingerprint density at radius 1 is 1.05 bits per heavy atom. The molecule has 1 heteroatoms. The van der Waals surface area contributed by atoms with Crippen LogP contribution in [0.25, 0.3) is 10.8 Å². The SMILES string of the molecule is CNC(c1cccc2ccccc12)C1CCC(C)C1. The van der Waals surface area contributed by atoms with E-state index < -0.39 is 0 Å². The van der Waals surface area contributed by atoms with E-state index in [0.29, 0.717) is 6.04 Å². The maximum Gasteiger partial charge on any atom is 0.0352 e. The first kappa shape index (κ1) is 12.7. The summed E-state index contributed by atoms with van der Waals surface area (Å²) in [6.07, 6.45) is 4.10. The molecule has 1 saturated carbocycles. The van der Waals surface area contributed by atoms with Gasteiger partial charge in [-0.05, 0) is 48.1 Å². The molecule has 0 spiro atoms. The van der Waals surface area contributed by atoms with Crippen molar-refractivity contribution in [2.24, 2.45) is 11.8 Å². The summed E-state index contributed by atoms with van der Waals surface area (Å²) in [7, 11) is 2.11. The number of hydrogen-bond donors (Lipinski definition) is 1. The van der Waals surface area contributed by atoms with Gasteiger partial charge in [0.1, 0.15) is 0 Å². The van der Waals surface area contributed by atoms with E-state index in [4.69, 9.17) is 0 Å². The third-order valence-corrected chi connectivity index (χ3v) is 4.68. The molecule has 0 radical (unpaired) electrons. The zero-order valence-corrected chi connectivity index (χ0v) is 11.9. The third-order valence-electron chi connectivity index (χ3n) is 4.68. The lowest BCUT2D eigenvalue weighted by molar-refractivity contribution is 0.381. The molecule has 1 nitrogen and oxygen atoms in total. The standard InChI is InChI=1S/C18H23N/c1-13-10-11-15(12-13)18(19-2)17-9-5-7-14-6-3-4-8-16(14)17/h3-9,13,15,18-19H,10-12H2,1-2H3. The average Bonchev–Trinajstić information content (AvgIpc) is 2.86. The van der Waals surface area contributed by atoms with E-state index in [2.05, 4.69) is 61.8 Å². The molecule has 1 N–H and O–H groups in total. The average molecular weight is 253 g/mol.